The molecule has 2 rings (SSSR count). The van der Waals surface area contributed by atoms with E-state index in [4.69, 9.17) is 16.3 Å². The van der Waals surface area contributed by atoms with Gasteiger partial charge in [-0.15, -0.1) is 0 Å². The minimum Gasteiger partial charge on any atom is -0.436 e. The van der Waals surface area contributed by atoms with E-state index >= 15 is 0 Å². The fourth-order valence-electron chi connectivity index (χ4n) is 1.54. The molecule has 0 fully saturated rings. The highest BCUT2D eigenvalue weighted by Gasteiger charge is 2.10. The van der Waals surface area contributed by atoms with Crippen LogP contribution in [-0.4, -0.2) is 16.5 Å². The van der Waals surface area contributed by atoms with Crippen molar-refractivity contribution in [1.29, 1.82) is 0 Å². The van der Waals surface area contributed by atoms with Gasteiger partial charge < -0.3 is 10.1 Å². The van der Waals surface area contributed by atoms with Gasteiger partial charge in [-0.1, -0.05) is 24.6 Å². The normalized spacial score (nSPS) is 10.4. The highest BCUT2D eigenvalue weighted by molar-refractivity contribution is 9.10. The van der Waals surface area contributed by atoms with Gasteiger partial charge in [0.2, 0.25) is 11.8 Å². The molecule has 1 N–H and O–H groups in total. The molecule has 0 amide bonds. The van der Waals surface area contributed by atoms with Crippen molar-refractivity contribution in [3.8, 4) is 11.6 Å². The third kappa shape index (κ3) is 3.84. The lowest BCUT2D eigenvalue weighted by Gasteiger charge is -2.10. The Labute approximate surface area is 131 Å². The van der Waals surface area contributed by atoms with Crippen molar-refractivity contribution >= 4 is 33.5 Å². The van der Waals surface area contributed by atoms with E-state index in [-0.39, 0.29) is 0 Å². The first kappa shape index (κ1) is 15.1. The Morgan fingerprint density at radius 1 is 1.40 bits per heavy atom. The lowest BCUT2D eigenvalue weighted by atomic mass is 10.2. The number of anilines is 1. The molecule has 0 aliphatic heterocycles. The van der Waals surface area contributed by atoms with Gasteiger partial charge >= 0.3 is 0 Å². The van der Waals surface area contributed by atoms with E-state index in [1.165, 1.54) is 0 Å². The van der Waals surface area contributed by atoms with E-state index in [2.05, 4.69) is 38.1 Å². The lowest BCUT2D eigenvalue weighted by molar-refractivity contribution is 0.459. The van der Waals surface area contributed by atoms with E-state index in [1.807, 2.05) is 25.1 Å². The summed E-state index contributed by atoms with van der Waals surface area (Å²) in [6.45, 7) is 4.87. The molecule has 0 atom stereocenters. The molecule has 0 saturated carbocycles. The van der Waals surface area contributed by atoms with Gasteiger partial charge in [0, 0.05) is 6.54 Å². The summed E-state index contributed by atoms with van der Waals surface area (Å²) in [4.78, 5) is 8.49. The number of halogens is 2. The minimum atomic E-state index is 0.435. The topological polar surface area (TPSA) is 47.0 Å². The first-order valence-electron chi connectivity index (χ1n) is 6.30. The summed E-state index contributed by atoms with van der Waals surface area (Å²) >= 11 is 9.53. The van der Waals surface area contributed by atoms with Crippen molar-refractivity contribution in [2.75, 3.05) is 11.9 Å². The van der Waals surface area contributed by atoms with Crippen LogP contribution in [0.2, 0.25) is 5.02 Å². The van der Waals surface area contributed by atoms with Crippen molar-refractivity contribution in [2.45, 2.75) is 20.3 Å². The fraction of sp³-hybridized carbons (Fsp3) is 0.286. The van der Waals surface area contributed by atoms with Crippen LogP contribution in [-0.2, 0) is 0 Å². The predicted molar refractivity (Wildman–Crippen MR) is 84.8 cm³/mol. The molecule has 0 radical (unpaired) electrons. The molecule has 1 aromatic heterocycles. The van der Waals surface area contributed by atoms with Gasteiger partial charge in [-0.3, -0.25) is 0 Å². The molecule has 106 valence electrons. The van der Waals surface area contributed by atoms with Crippen molar-refractivity contribution in [3.05, 3.63) is 39.5 Å². The van der Waals surface area contributed by atoms with Crippen molar-refractivity contribution in [1.82, 2.24) is 9.97 Å². The van der Waals surface area contributed by atoms with Gasteiger partial charge in [0.15, 0.2) is 0 Å². The van der Waals surface area contributed by atoms with Crippen LogP contribution in [0, 0.1) is 6.92 Å². The standard InChI is InChI=1S/C14H15BrClN3O/c1-3-6-17-14-18-8-10(15)13(19-14)20-12-5-4-9(2)7-11(12)16/h4-5,7-8H,3,6H2,1-2H3,(H,17,18,19). The predicted octanol–water partition coefficient (Wildman–Crippen LogP) is 4.82. The van der Waals surface area contributed by atoms with Gasteiger partial charge in [-0.25, -0.2) is 4.98 Å². The lowest BCUT2D eigenvalue weighted by Crippen LogP contribution is -2.05. The molecule has 0 bridgehead atoms. The van der Waals surface area contributed by atoms with Crippen LogP contribution in [0.1, 0.15) is 18.9 Å². The number of ether oxygens (including phenoxy) is 1. The van der Waals surface area contributed by atoms with Crippen molar-refractivity contribution in [3.63, 3.8) is 0 Å². The molecule has 0 aliphatic rings. The smallest absolute Gasteiger partial charge is 0.238 e. The summed E-state index contributed by atoms with van der Waals surface area (Å²) in [7, 11) is 0. The Kier molecular flexibility index (Phi) is 5.20. The van der Waals surface area contributed by atoms with E-state index in [0.717, 1.165) is 18.5 Å². The molecule has 1 heterocycles. The summed E-state index contributed by atoms with van der Waals surface area (Å²) in [6.07, 6.45) is 2.65. The molecular weight excluding hydrogens is 342 g/mol. The number of rotatable bonds is 5. The van der Waals surface area contributed by atoms with Crippen LogP contribution in [0.15, 0.2) is 28.9 Å². The Morgan fingerprint density at radius 3 is 2.90 bits per heavy atom. The zero-order chi connectivity index (χ0) is 14.5. The zero-order valence-electron chi connectivity index (χ0n) is 11.3. The number of aromatic nitrogens is 2. The molecule has 4 nitrogen and oxygen atoms in total. The number of hydrogen-bond donors (Lipinski definition) is 1. The molecule has 0 saturated heterocycles. The number of hydrogen-bond acceptors (Lipinski definition) is 4. The molecule has 1 aromatic carbocycles. The average molecular weight is 357 g/mol. The molecule has 2 aromatic rings. The summed E-state index contributed by atoms with van der Waals surface area (Å²) in [5.74, 6) is 1.54. The second-order valence-electron chi connectivity index (χ2n) is 4.31. The van der Waals surface area contributed by atoms with Gasteiger partial charge in [-0.05, 0) is 47.0 Å². The van der Waals surface area contributed by atoms with Gasteiger partial charge in [0.05, 0.1) is 15.7 Å². The third-order valence-corrected chi connectivity index (χ3v) is 3.38. The van der Waals surface area contributed by atoms with Crippen molar-refractivity contribution in [2.24, 2.45) is 0 Å². The van der Waals surface area contributed by atoms with Crippen molar-refractivity contribution < 1.29 is 4.74 Å². The van der Waals surface area contributed by atoms with Crippen LogP contribution in [0.25, 0.3) is 0 Å². The van der Waals surface area contributed by atoms with Gasteiger partial charge in [0.1, 0.15) is 5.75 Å². The number of aryl methyl sites for hydroxylation is 1. The second-order valence-corrected chi connectivity index (χ2v) is 5.57. The minimum absolute atomic E-state index is 0.435. The van der Waals surface area contributed by atoms with Crippen LogP contribution in [0.4, 0.5) is 5.95 Å². The first-order chi connectivity index (χ1) is 9.60. The van der Waals surface area contributed by atoms with E-state index in [0.29, 0.717) is 27.1 Å². The van der Waals surface area contributed by atoms with Gasteiger partial charge in [-0.2, -0.15) is 4.98 Å². The van der Waals surface area contributed by atoms with E-state index in [1.54, 1.807) is 6.20 Å². The number of nitrogens with zero attached hydrogens (tertiary/aromatic N) is 2. The van der Waals surface area contributed by atoms with Crippen LogP contribution >= 0.6 is 27.5 Å². The largest absolute Gasteiger partial charge is 0.436 e. The highest BCUT2D eigenvalue weighted by Crippen LogP contribution is 2.32. The SMILES string of the molecule is CCCNc1ncc(Br)c(Oc2ccc(C)cc2Cl)n1. The fourth-order valence-corrected chi connectivity index (χ4v) is 2.08. The average Bonchev–Trinajstić information content (AvgIpc) is 2.42. The Bertz CT molecular complexity index is 607. The first-order valence-corrected chi connectivity index (χ1v) is 7.47. The summed E-state index contributed by atoms with van der Waals surface area (Å²) in [5, 5.41) is 3.67. The monoisotopic (exact) mass is 355 g/mol. The van der Waals surface area contributed by atoms with E-state index < -0.39 is 0 Å². The number of benzene rings is 1. The Morgan fingerprint density at radius 2 is 2.20 bits per heavy atom. The maximum atomic E-state index is 6.16. The van der Waals surface area contributed by atoms with E-state index in [9.17, 15) is 0 Å². The number of nitrogens with one attached hydrogen (secondary N) is 1. The molecule has 0 aliphatic carbocycles. The Hall–Kier alpha value is -1.33. The maximum absolute atomic E-state index is 6.16. The molecule has 6 heteroatoms. The quantitative estimate of drug-likeness (QED) is 0.834. The summed E-state index contributed by atoms with van der Waals surface area (Å²) in [6, 6.07) is 5.61. The highest BCUT2D eigenvalue weighted by atomic mass is 79.9. The van der Waals surface area contributed by atoms with Crippen LogP contribution in [0.5, 0.6) is 11.6 Å². The third-order valence-electron chi connectivity index (χ3n) is 2.54. The molecule has 20 heavy (non-hydrogen) atoms. The van der Waals surface area contributed by atoms with Crippen LogP contribution < -0.4 is 10.1 Å². The van der Waals surface area contributed by atoms with Gasteiger partial charge in [0.25, 0.3) is 0 Å². The molecule has 0 unspecified atom stereocenters. The Balaban J connectivity index is 2.23. The molecule has 0 spiro atoms. The zero-order valence-corrected chi connectivity index (χ0v) is 13.6. The second kappa shape index (κ2) is 6.90. The van der Waals surface area contributed by atoms with Crippen LogP contribution in [0.3, 0.4) is 0 Å². The summed E-state index contributed by atoms with van der Waals surface area (Å²) in [5.41, 5.74) is 1.08. The maximum Gasteiger partial charge on any atom is 0.238 e. The summed E-state index contributed by atoms with van der Waals surface area (Å²) < 4.78 is 6.42. The molecular formula is C14H15BrClN3O.